The lowest BCUT2D eigenvalue weighted by Gasteiger charge is -2.17. The van der Waals surface area contributed by atoms with Crippen LogP contribution in [-0.4, -0.2) is 12.6 Å². The van der Waals surface area contributed by atoms with E-state index in [1.807, 2.05) is 0 Å². The smallest absolute Gasteiger partial charge is 0.372 e. The summed E-state index contributed by atoms with van der Waals surface area (Å²) >= 11 is 0. The van der Waals surface area contributed by atoms with Gasteiger partial charge in [-0.1, -0.05) is 11.6 Å². The van der Waals surface area contributed by atoms with Crippen molar-refractivity contribution in [2.45, 2.75) is 39.1 Å². The monoisotopic (exact) mass is 261 g/mol. The van der Waals surface area contributed by atoms with E-state index in [-0.39, 0.29) is 6.04 Å². The van der Waals surface area contributed by atoms with E-state index in [9.17, 15) is 13.2 Å². The van der Waals surface area contributed by atoms with Crippen molar-refractivity contribution in [3.05, 3.63) is 34.9 Å². The summed E-state index contributed by atoms with van der Waals surface area (Å²) in [4.78, 5) is 0. The summed E-state index contributed by atoms with van der Waals surface area (Å²) in [5.41, 5.74) is 5.98. The Labute approximate surface area is 105 Å². The van der Waals surface area contributed by atoms with Crippen molar-refractivity contribution in [3.8, 4) is 0 Å². The maximum absolute atomic E-state index is 12.7. The molecule has 2 unspecified atom stereocenters. The maximum Gasteiger partial charge on any atom is 0.416 e. The number of alkyl halides is 3. The van der Waals surface area contributed by atoms with Crippen molar-refractivity contribution in [1.29, 1.82) is 0 Å². The molecule has 1 aromatic rings. The molecule has 2 N–H and O–H groups in total. The Hall–Kier alpha value is -1.07. The van der Waals surface area contributed by atoms with Crippen molar-refractivity contribution >= 4 is 0 Å². The molecule has 0 amide bonds. The van der Waals surface area contributed by atoms with Gasteiger partial charge < -0.3 is 10.5 Å². The number of halogens is 3. The highest BCUT2D eigenvalue weighted by molar-refractivity contribution is 5.32. The van der Waals surface area contributed by atoms with Crippen LogP contribution in [0.15, 0.2) is 18.2 Å². The predicted octanol–water partition coefficient (Wildman–Crippen LogP) is 3.44. The summed E-state index contributed by atoms with van der Waals surface area (Å²) in [6, 6.07) is 3.81. The van der Waals surface area contributed by atoms with Gasteiger partial charge in [-0.25, -0.2) is 0 Å². The predicted molar refractivity (Wildman–Crippen MR) is 64.2 cm³/mol. The first-order valence-corrected chi connectivity index (χ1v) is 5.76. The van der Waals surface area contributed by atoms with Crippen LogP contribution in [0, 0.1) is 6.92 Å². The number of benzene rings is 1. The van der Waals surface area contributed by atoms with Crippen LogP contribution < -0.4 is 5.73 Å². The Bertz CT molecular complexity index is 402. The minimum absolute atomic E-state index is 0.139. The fourth-order valence-electron chi connectivity index (χ4n) is 1.60. The topological polar surface area (TPSA) is 35.2 Å². The molecule has 0 radical (unpaired) electrons. The Balaban J connectivity index is 2.92. The molecule has 0 bridgehead atoms. The van der Waals surface area contributed by atoms with Crippen molar-refractivity contribution in [3.63, 3.8) is 0 Å². The molecule has 0 aliphatic carbocycles. The van der Waals surface area contributed by atoms with Gasteiger partial charge in [0.25, 0.3) is 0 Å². The van der Waals surface area contributed by atoms with Crippen molar-refractivity contribution in [1.82, 2.24) is 0 Å². The van der Waals surface area contributed by atoms with Gasteiger partial charge in [-0.15, -0.1) is 0 Å². The summed E-state index contributed by atoms with van der Waals surface area (Å²) in [6.45, 7) is 5.45. The van der Waals surface area contributed by atoms with Gasteiger partial charge >= 0.3 is 6.18 Å². The van der Waals surface area contributed by atoms with Crippen LogP contribution in [0.25, 0.3) is 0 Å². The van der Waals surface area contributed by atoms with Gasteiger partial charge in [-0.05, 0) is 38.5 Å². The molecule has 0 heterocycles. The summed E-state index contributed by atoms with van der Waals surface area (Å²) in [6.07, 6.45) is -4.74. The van der Waals surface area contributed by atoms with Gasteiger partial charge in [0.05, 0.1) is 18.3 Å². The largest absolute Gasteiger partial charge is 0.416 e. The zero-order valence-electron chi connectivity index (χ0n) is 10.7. The van der Waals surface area contributed by atoms with E-state index in [1.54, 1.807) is 26.8 Å². The fourth-order valence-corrected chi connectivity index (χ4v) is 1.60. The van der Waals surface area contributed by atoms with Gasteiger partial charge in [0.2, 0.25) is 0 Å². The Morgan fingerprint density at radius 1 is 1.22 bits per heavy atom. The molecule has 5 heteroatoms. The Kier molecular flexibility index (Phi) is 4.76. The molecule has 0 aromatic heterocycles. The summed E-state index contributed by atoms with van der Waals surface area (Å²) < 4.78 is 43.4. The average molecular weight is 261 g/mol. The maximum atomic E-state index is 12.7. The van der Waals surface area contributed by atoms with E-state index in [1.165, 1.54) is 0 Å². The Morgan fingerprint density at radius 3 is 2.33 bits per heavy atom. The van der Waals surface area contributed by atoms with E-state index in [0.29, 0.717) is 17.7 Å². The van der Waals surface area contributed by atoms with Crippen LogP contribution in [0.3, 0.4) is 0 Å². The van der Waals surface area contributed by atoms with Crippen LogP contribution in [0.2, 0.25) is 0 Å². The first kappa shape index (κ1) is 15.0. The normalized spacial score (nSPS) is 15.5. The summed E-state index contributed by atoms with van der Waals surface area (Å²) in [5.74, 6) is 0. The number of hydrogen-bond donors (Lipinski definition) is 1. The van der Waals surface area contributed by atoms with Crippen LogP contribution in [-0.2, 0) is 10.9 Å². The molecule has 2 nitrogen and oxygen atoms in total. The highest BCUT2D eigenvalue weighted by Crippen LogP contribution is 2.32. The second kappa shape index (κ2) is 5.71. The van der Waals surface area contributed by atoms with E-state index in [0.717, 1.165) is 12.1 Å². The number of rotatable bonds is 4. The second-order valence-corrected chi connectivity index (χ2v) is 4.58. The van der Waals surface area contributed by atoms with Gasteiger partial charge in [0.1, 0.15) is 0 Å². The molecule has 0 saturated heterocycles. The molecule has 2 atom stereocenters. The third-order valence-electron chi connectivity index (χ3n) is 2.51. The molecule has 0 spiro atoms. The third kappa shape index (κ3) is 4.31. The first-order valence-electron chi connectivity index (χ1n) is 5.76. The van der Waals surface area contributed by atoms with Crippen molar-refractivity contribution in [2.75, 3.05) is 6.61 Å². The number of hydrogen-bond acceptors (Lipinski definition) is 2. The quantitative estimate of drug-likeness (QED) is 0.901. The molecule has 0 aliphatic heterocycles. The molecule has 102 valence electrons. The lowest BCUT2D eigenvalue weighted by atomic mass is 10.0. The van der Waals surface area contributed by atoms with Gasteiger partial charge in [0, 0.05) is 6.04 Å². The molecular weight excluding hydrogens is 243 g/mol. The van der Waals surface area contributed by atoms with Crippen LogP contribution in [0.1, 0.15) is 36.6 Å². The van der Waals surface area contributed by atoms with Gasteiger partial charge in [-0.3, -0.25) is 0 Å². The standard InChI is InChI=1S/C13H18F3NO/c1-8-4-11(10(3)18-7-9(2)17)6-12(5-8)13(14,15)16/h4-6,9-10H,7,17H2,1-3H3. The van der Waals surface area contributed by atoms with E-state index >= 15 is 0 Å². The number of nitrogens with two attached hydrogens (primary N) is 1. The third-order valence-corrected chi connectivity index (χ3v) is 2.51. The van der Waals surface area contributed by atoms with Crippen LogP contribution >= 0.6 is 0 Å². The second-order valence-electron chi connectivity index (χ2n) is 4.58. The molecule has 1 rings (SSSR count). The molecule has 0 saturated carbocycles. The minimum atomic E-state index is -4.33. The summed E-state index contributed by atoms with van der Waals surface area (Å²) in [7, 11) is 0. The fraction of sp³-hybridized carbons (Fsp3) is 0.538. The van der Waals surface area contributed by atoms with E-state index in [2.05, 4.69) is 0 Å². The highest BCUT2D eigenvalue weighted by Gasteiger charge is 2.31. The molecule has 0 aliphatic rings. The average Bonchev–Trinajstić information content (AvgIpc) is 2.23. The van der Waals surface area contributed by atoms with Gasteiger partial charge in [0.15, 0.2) is 0 Å². The molecular formula is C13H18F3NO. The molecule has 0 fully saturated rings. The molecule has 1 aromatic carbocycles. The lowest BCUT2D eigenvalue weighted by Crippen LogP contribution is -2.22. The lowest BCUT2D eigenvalue weighted by molar-refractivity contribution is -0.137. The Morgan fingerprint density at radius 2 is 1.83 bits per heavy atom. The van der Waals surface area contributed by atoms with E-state index in [4.69, 9.17) is 10.5 Å². The zero-order valence-corrected chi connectivity index (χ0v) is 10.7. The van der Waals surface area contributed by atoms with E-state index < -0.39 is 17.8 Å². The van der Waals surface area contributed by atoms with Crippen molar-refractivity contribution < 1.29 is 17.9 Å². The zero-order chi connectivity index (χ0) is 13.9. The SMILES string of the molecule is Cc1cc(C(C)OCC(C)N)cc(C(F)(F)F)c1. The van der Waals surface area contributed by atoms with Crippen molar-refractivity contribution in [2.24, 2.45) is 5.73 Å². The van der Waals surface area contributed by atoms with Gasteiger partial charge in [-0.2, -0.15) is 13.2 Å². The minimum Gasteiger partial charge on any atom is -0.372 e. The first-order chi connectivity index (χ1) is 8.20. The molecule has 18 heavy (non-hydrogen) atoms. The number of aryl methyl sites for hydroxylation is 1. The van der Waals surface area contributed by atoms with Crippen LogP contribution in [0.5, 0.6) is 0 Å². The van der Waals surface area contributed by atoms with Crippen LogP contribution in [0.4, 0.5) is 13.2 Å². The number of ether oxygens (including phenoxy) is 1. The summed E-state index contributed by atoms with van der Waals surface area (Å²) in [5, 5.41) is 0. The highest BCUT2D eigenvalue weighted by atomic mass is 19.4.